The quantitative estimate of drug-likeness (QED) is 0.165. The van der Waals surface area contributed by atoms with Crippen LogP contribution in [0.2, 0.25) is 0 Å². The van der Waals surface area contributed by atoms with Crippen LogP contribution in [0.1, 0.15) is 90.4 Å². The first kappa shape index (κ1) is 28.1. The smallest absolute Gasteiger partial charge is 0.303 e. The van der Waals surface area contributed by atoms with E-state index in [4.69, 9.17) is 10.2 Å². The van der Waals surface area contributed by atoms with Gasteiger partial charge in [0.1, 0.15) is 0 Å². The fraction of sp³-hybridized carbons (Fsp3) is 0.783. The molecule has 0 bridgehead atoms. The van der Waals surface area contributed by atoms with Gasteiger partial charge in [-0.15, -0.1) is 0 Å². The van der Waals surface area contributed by atoms with Crippen LogP contribution in [0, 0.1) is 0 Å². The Bertz CT molecular complexity index is 463. The summed E-state index contributed by atoms with van der Waals surface area (Å²) in [5.74, 6) is -2.60. The molecule has 0 atom stereocenters. The lowest BCUT2D eigenvalue weighted by atomic mass is 10.1. The molecular weight excluding hydrogens is 386 g/mol. The van der Waals surface area contributed by atoms with E-state index in [1.165, 1.54) is 0 Å². The number of hydrogen-bond donors (Lipinski definition) is 2. The third kappa shape index (κ3) is 17.0. The van der Waals surface area contributed by atoms with Crippen LogP contribution >= 0.6 is 0 Å². The van der Waals surface area contributed by atoms with Gasteiger partial charge in [0, 0.05) is 18.8 Å². The largest absolute Gasteiger partial charge is 0.550 e. The van der Waals surface area contributed by atoms with Crippen LogP contribution in [0.25, 0.3) is 0 Å². The van der Waals surface area contributed by atoms with Crippen molar-refractivity contribution in [2.75, 3.05) is 26.2 Å². The molecule has 0 aromatic carbocycles. The molecule has 0 aliphatic rings. The van der Waals surface area contributed by atoms with Gasteiger partial charge < -0.3 is 24.6 Å². The number of nitrogens with zero attached hydrogens (tertiary/aromatic N) is 1. The molecule has 0 fully saturated rings. The molecule has 0 unspecified atom stereocenters. The van der Waals surface area contributed by atoms with Crippen LogP contribution in [0.3, 0.4) is 0 Å². The number of quaternary nitrogens is 1. The maximum Gasteiger partial charge on any atom is 0.303 e. The average Bonchev–Trinajstić information content (AvgIpc) is 2.68. The highest BCUT2D eigenvalue weighted by molar-refractivity contribution is 5.66. The maximum atomic E-state index is 10.8. The van der Waals surface area contributed by atoms with Crippen molar-refractivity contribution in [1.82, 2.24) is 0 Å². The lowest BCUT2D eigenvalue weighted by molar-refractivity contribution is -0.929. The number of carbonyl (C=O) groups excluding carboxylic acids is 1. The first-order chi connectivity index (χ1) is 14.3. The lowest BCUT2D eigenvalue weighted by Gasteiger charge is -2.39. The summed E-state index contributed by atoms with van der Waals surface area (Å²) in [6.07, 6.45) is 13.2. The van der Waals surface area contributed by atoms with E-state index < -0.39 is 17.9 Å². The Morgan fingerprint density at radius 1 is 0.700 bits per heavy atom. The van der Waals surface area contributed by atoms with Gasteiger partial charge in [0.2, 0.25) is 0 Å². The van der Waals surface area contributed by atoms with Gasteiger partial charge in [0.15, 0.2) is 0 Å². The van der Waals surface area contributed by atoms with Gasteiger partial charge in [0.25, 0.3) is 0 Å². The highest BCUT2D eigenvalue weighted by Gasteiger charge is 2.26. The molecule has 7 heteroatoms. The standard InChI is InChI=1S/C23H41NO6/c1-2-3-4-5-6-10-17-24(18-11-7-14-21(25)26,19-12-8-15-22(27)28)20-13-9-16-23(29)30/h2-3H,4-20H2,1H3,(H2-,25,26,27,28,29,30)/b3-2+. The molecule has 0 aliphatic carbocycles. The van der Waals surface area contributed by atoms with Gasteiger partial charge in [-0.2, -0.15) is 0 Å². The average molecular weight is 428 g/mol. The van der Waals surface area contributed by atoms with Crippen molar-refractivity contribution in [2.45, 2.75) is 90.4 Å². The molecule has 0 aromatic heterocycles. The predicted octanol–water partition coefficient (Wildman–Crippen LogP) is 3.37. The van der Waals surface area contributed by atoms with Crippen molar-refractivity contribution in [3.05, 3.63) is 12.2 Å². The Hall–Kier alpha value is -1.89. The minimum absolute atomic E-state index is 0.0569. The normalized spacial score (nSPS) is 11.8. The molecule has 0 heterocycles. The fourth-order valence-electron chi connectivity index (χ4n) is 3.89. The molecular formula is C23H41NO6. The molecule has 0 aliphatic heterocycles. The number of carboxylic acids is 3. The van der Waals surface area contributed by atoms with E-state index >= 15 is 0 Å². The van der Waals surface area contributed by atoms with E-state index in [1.807, 2.05) is 6.92 Å². The number of rotatable bonds is 21. The second-order valence-corrected chi connectivity index (χ2v) is 8.19. The Labute approximate surface area is 181 Å². The molecule has 0 rings (SSSR count). The predicted molar refractivity (Wildman–Crippen MR) is 115 cm³/mol. The van der Waals surface area contributed by atoms with Crippen molar-refractivity contribution in [3.63, 3.8) is 0 Å². The molecule has 0 amide bonds. The number of unbranched alkanes of at least 4 members (excludes halogenated alkanes) is 6. The van der Waals surface area contributed by atoms with Crippen LogP contribution < -0.4 is 5.11 Å². The van der Waals surface area contributed by atoms with Gasteiger partial charge in [-0.1, -0.05) is 12.2 Å². The van der Waals surface area contributed by atoms with Gasteiger partial charge in [-0.05, 0) is 77.6 Å². The minimum Gasteiger partial charge on any atom is -0.550 e. The van der Waals surface area contributed by atoms with Crippen molar-refractivity contribution < 1.29 is 34.2 Å². The Morgan fingerprint density at radius 2 is 1.13 bits per heavy atom. The molecule has 30 heavy (non-hydrogen) atoms. The third-order valence-corrected chi connectivity index (χ3v) is 5.55. The highest BCUT2D eigenvalue weighted by Crippen LogP contribution is 2.19. The van der Waals surface area contributed by atoms with Gasteiger partial charge in [-0.3, -0.25) is 9.59 Å². The zero-order chi connectivity index (χ0) is 22.7. The van der Waals surface area contributed by atoms with Crippen LogP contribution in [0.4, 0.5) is 0 Å². The van der Waals surface area contributed by atoms with E-state index in [0.717, 1.165) is 75.6 Å². The minimum atomic E-state index is -1.03. The monoisotopic (exact) mass is 427 g/mol. The molecule has 0 saturated carbocycles. The molecule has 2 N–H and O–H groups in total. The van der Waals surface area contributed by atoms with Crippen molar-refractivity contribution >= 4 is 17.9 Å². The van der Waals surface area contributed by atoms with Crippen molar-refractivity contribution in [3.8, 4) is 0 Å². The number of hydrogen-bond acceptors (Lipinski definition) is 4. The summed E-state index contributed by atoms with van der Waals surface area (Å²) >= 11 is 0. The van der Waals surface area contributed by atoms with Crippen molar-refractivity contribution in [1.29, 1.82) is 0 Å². The van der Waals surface area contributed by atoms with E-state index in [2.05, 4.69) is 12.2 Å². The molecule has 0 spiro atoms. The van der Waals surface area contributed by atoms with E-state index in [9.17, 15) is 19.5 Å². The number of allylic oxidation sites excluding steroid dienone is 2. The topological polar surface area (TPSA) is 115 Å². The Balaban J connectivity index is 4.91. The second kappa shape index (κ2) is 17.9. The number of carbonyl (C=O) groups is 3. The van der Waals surface area contributed by atoms with Crippen LogP contribution in [0.5, 0.6) is 0 Å². The molecule has 0 saturated heterocycles. The van der Waals surface area contributed by atoms with Gasteiger partial charge in [0.05, 0.1) is 26.2 Å². The molecule has 0 aromatic rings. The fourth-order valence-corrected chi connectivity index (χ4v) is 3.89. The zero-order valence-corrected chi connectivity index (χ0v) is 18.7. The SMILES string of the molecule is C/C=C/CCCCC[N+](CCCCC(=O)[O-])(CCCCC(=O)O)CCCCC(=O)O. The summed E-state index contributed by atoms with van der Waals surface area (Å²) in [5.41, 5.74) is 0. The summed E-state index contributed by atoms with van der Waals surface area (Å²) in [6, 6.07) is 0. The first-order valence-electron chi connectivity index (χ1n) is 11.4. The van der Waals surface area contributed by atoms with Crippen LogP contribution in [0.15, 0.2) is 12.2 Å². The Kier molecular flexibility index (Phi) is 16.8. The Morgan fingerprint density at radius 3 is 1.53 bits per heavy atom. The van der Waals surface area contributed by atoms with Gasteiger partial charge >= 0.3 is 11.9 Å². The summed E-state index contributed by atoms with van der Waals surface area (Å²) in [5, 5.41) is 28.6. The summed E-state index contributed by atoms with van der Waals surface area (Å²) in [6.45, 7) is 5.56. The molecule has 174 valence electrons. The second-order valence-electron chi connectivity index (χ2n) is 8.19. The molecule has 0 radical (unpaired) electrons. The maximum absolute atomic E-state index is 10.8. The number of aliphatic carboxylic acids is 3. The van der Waals surface area contributed by atoms with E-state index in [0.29, 0.717) is 19.3 Å². The summed E-state index contributed by atoms with van der Waals surface area (Å²) in [4.78, 5) is 32.4. The summed E-state index contributed by atoms with van der Waals surface area (Å²) in [7, 11) is 0. The third-order valence-electron chi connectivity index (χ3n) is 5.55. The number of carboxylic acid groups (broad SMARTS) is 3. The van der Waals surface area contributed by atoms with E-state index in [1.54, 1.807) is 0 Å². The van der Waals surface area contributed by atoms with E-state index in [-0.39, 0.29) is 19.3 Å². The zero-order valence-electron chi connectivity index (χ0n) is 18.7. The first-order valence-corrected chi connectivity index (χ1v) is 11.4. The van der Waals surface area contributed by atoms with Crippen molar-refractivity contribution in [2.24, 2.45) is 0 Å². The lowest BCUT2D eigenvalue weighted by Crippen LogP contribution is -2.51. The van der Waals surface area contributed by atoms with Crippen LogP contribution in [-0.2, 0) is 14.4 Å². The molecule has 7 nitrogen and oxygen atoms in total. The van der Waals surface area contributed by atoms with Crippen LogP contribution in [-0.4, -0.2) is 58.8 Å². The van der Waals surface area contributed by atoms with Gasteiger partial charge in [-0.25, -0.2) is 0 Å². The highest BCUT2D eigenvalue weighted by atomic mass is 16.4. The summed E-state index contributed by atoms with van der Waals surface area (Å²) < 4.78 is 0.829.